The summed E-state index contributed by atoms with van der Waals surface area (Å²) in [4.78, 5) is 14.6. The van der Waals surface area contributed by atoms with Gasteiger partial charge in [0.1, 0.15) is 5.54 Å². The van der Waals surface area contributed by atoms with Crippen molar-refractivity contribution in [1.29, 1.82) is 0 Å². The summed E-state index contributed by atoms with van der Waals surface area (Å²) < 4.78 is 5.89. The third kappa shape index (κ3) is 2.36. The number of ether oxygens (including phenoxy) is 1. The zero-order chi connectivity index (χ0) is 13.7. The average Bonchev–Trinajstić information content (AvgIpc) is 3.29. The summed E-state index contributed by atoms with van der Waals surface area (Å²) in [5.74, 6) is 0.298. The van der Waals surface area contributed by atoms with Crippen molar-refractivity contribution in [2.24, 2.45) is 11.7 Å². The summed E-state index contributed by atoms with van der Waals surface area (Å²) in [7, 11) is 0. The van der Waals surface area contributed by atoms with Crippen molar-refractivity contribution in [3.8, 4) is 0 Å². The topological polar surface area (TPSA) is 67.6 Å². The number of nitrogens with one attached hydrogen (secondary N) is 1. The van der Waals surface area contributed by atoms with Gasteiger partial charge < -0.3 is 10.5 Å². The molecule has 0 radical (unpaired) electrons. The van der Waals surface area contributed by atoms with Gasteiger partial charge in [0.25, 0.3) is 0 Å². The van der Waals surface area contributed by atoms with E-state index in [2.05, 4.69) is 10.2 Å². The predicted octanol–water partition coefficient (Wildman–Crippen LogP) is 0.236. The minimum absolute atomic E-state index is 0.147. The molecular weight excluding hydrogens is 254 g/mol. The number of hydrogen-bond acceptors (Lipinski definition) is 4. The van der Waals surface area contributed by atoms with E-state index in [0.29, 0.717) is 24.2 Å². The van der Waals surface area contributed by atoms with Crippen LogP contribution in [0.2, 0.25) is 0 Å². The number of rotatable bonds is 6. The molecule has 2 saturated carbocycles. The maximum absolute atomic E-state index is 12.2. The summed E-state index contributed by atoms with van der Waals surface area (Å²) in [5.41, 5.74) is 5.34. The van der Waals surface area contributed by atoms with E-state index in [1.807, 2.05) is 0 Å². The fraction of sp³-hybridized carbons (Fsp3) is 0.933. The maximum atomic E-state index is 12.2. The van der Waals surface area contributed by atoms with Crippen LogP contribution in [-0.4, -0.2) is 54.2 Å². The standard InChI is InChI=1S/C15H25N3O2/c16-14(19)15(10-1-2-10,17-11-3-4-11)9-18-7-12-5-6-13(8-18)20-12/h10-13,17H,1-9H2,(H2,16,19). The Labute approximate surface area is 120 Å². The molecule has 0 spiro atoms. The molecule has 4 rings (SSSR count). The highest BCUT2D eigenvalue weighted by molar-refractivity contribution is 5.86. The van der Waals surface area contributed by atoms with Crippen LogP contribution < -0.4 is 11.1 Å². The Kier molecular flexibility index (Phi) is 3.05. The molecule has 4 fully saturated rings. The summed E-state index contributed by atoms with van der Waals surface area (Å²) in [6.07, 6.45) is 7.75. The van der Waals surface area contributed by atoms with Crippen LogP contribution in [0, 0.1) is 5.92 Å². The predicted molar refractivity (Wildman–Crippen MR) is 75.1 cm³/mol. The largest absolute Gasteiger partial charge is 0.372 e. The Morgan fingerprint density at radius 3 is 2.30 bits per heavy atom. The lowest BCUT2D eigenvalue weighted by Crippen LogP contribution is -2.65. The second-order valence-corrected chi connectivity index (χ2v) is 7.18. The van der Waals surface area contributed by atoms with Gasteiger partial charge in [-0.05, 0) is 44.4 Å². The van der Waals surface area contributed by atoms with E-state index in [0.717, 1.165) is 32.5 Å². The summed E-state index contributed by atoms with van der Waals surface area (Å²) >= 11 is 0. The SMILES string of the molecule is NC(=O)C(CN1CC2CCC(C1)O2)(NC1CC1)C1CC1. The molecule has 5 heteroatoms. The fourth-order valence-electron chi connectivity index (χ4n) is 3.99. The molecule has 0 aromatic rings. The molecular formula is C15H25N3O2. The van der Waals surface area contributed by atoms with Crippen LogP contribution in [0.5, 0.6) is 0 Å². The third-order valence-electron chi connectivity index (χ3n) is 5.35. The first-order chi connectivity index (χ1) is 9.65. The molecule has 5 nitrogen and oxygen atoms in total. The van der Waals surface area contributed by atoms with E-state index in [1.165, 1.54) is 25.7 Å². The van der Waals surface area contributed by atoms with Gasteiger partial charge in [0.15, 0.2) is 0 Å². The number of nitrogens with two attached hydrogens (primary N) is 1. The van der Waals surface area contributed by atoms with E-state index in [4.69, 9.17) is 10.5 Å². The van der Waals surface area contributed by atoms with Crippen molar-refractivity contribution >= 4 is 5.91 Å². The number of carbonyl (C=O) groups excluding carboxylic acids is 1. The Balaban J connectivity index is 1.50. The smallest absolute Gasteiger partial charge is 0.239 e. The minimum atomic E-state index is -0.488. The van der Waals surface area contributed by atoms with Gasteiger partial charge in [0, 0.05) is 25.7 Å². The normalized spacial score (nSPS) is 36.8. The van der Waals surface area contributed by atoms with Gasteiger partial charge >= 0.3 is 0 Å². The lowest BCUT2D eigenvalue weighted by molar-refractivity contribution is -0.128. The highest BCUT2D eigenvalue weighted by atomic mass is 16.5. The number of fused-ring (bicyclic) bond motifs is 2. The molecule has 2 saturated heterocycles. The highest BCUT2D eigenvalue weighted by Crippen LogP contribution is 2.42. The van der Waals surface area contributed by atoms with E-state index in [-0.39, 0.29) is 5.91 Å². The minimum Gasteiger partial charge on any atom is -0.372 e. The second-order valence-electron chi connectivity index (χ2n) is 7.18. The first kappa shape index (κ1) is 13.0. The molecule has 3 N–H and O–H groups in total. The first-order valence-electron chi connectivity index (χ1n) is 8.11. The highest BCUT2D eigenvalue weighted by Gasteiger charge is 2.53. The van der Waals surface area contributed by atoms with Crippen LogP contribution in [-0.2, 0) is 9.53 Å². The monoisotopic (exact) mass is 279 g/mol. The second kappa shape index (κ2) is 4.68. The van der Waals surface area contributed by atoms with Gasteiger partial charge in [-0.15, -0.1) is 0 Å². The van der Waals surface area contributed by atoms with Crippen LogP contribution in [0.1, 0.15) is 38.5 Å². The number of nitrogens with zero attached hydrogens (tertiary/aromatic N) is 1. The summed E-state index contributed by atoms with van der Waals surface area (Å²) in [5, 5.41) is 3.61. The molecule has 2 aliphatic heterocycles. The average molecular weight is 279 g/mol. The van der Waals surface area contributed by atoms with Gasteiger partial charge in [0.2, 0.25) is 5.91 Å². The summed E-state index contributed by atoms with van der Waals surface area (Å²) in [6.45, 7) is 2.70. The van der Waals surface area contributed by atoms with E-state index >= 15 is 0 Å². The molecule has 4 aliphatic rings. The molecule has 2 heterocycles. The Morgan fingerprint density at radius 1 is 1.15 bits per heavy atom. The third-order valence-corrected chi connectivity index (χ3v) is 5.35. The molecule has 3 atom stereocenters. The van der Waals surface area contributed by atoms with Gasteiger partial charge in [-0.25, -0.2) is 0 Å². The van der Waals surface area contributed by atoms with Gasteiger partial charge in [0.05, 0.1) is 12.2 Å². The van der Waals surface area contributed by atoms with Crippen LogP contribution in [0.15, 0.2) is 0 Å². The van der Waals surface area contributed by atoms with Gasteiger partial charge in [-0.1, -0.05) is 0 Å². The Morgan fingerprint density at radius 2 is 1.80 bits per heavy atom. The lowest BCUT2D eigenvalue weighted by Gasteiger charge is -2.40. The van der Waals surface area contributed by atoms with Crippen LogP contribution in [0.4, 0.5) is 0 Å². The van der Waals surface area contributed by atoms with Crippen LogP contribution in [0.3, 0.4) is 0 Å². The molecule has 0 aromatic heterocycles. The number of amides is 1. The van der Waals surface area contributed by atoms with Crippen molar-refractivity contribution in [3.05, 3.63) is 0 Å². The fourth-order valence-corrected chi connectivity index (χ4v) is 3.99. The lowest BCUT2D eigenvalue weighted by atomic mass is 9.90. The van der Waals surface area contributed by atoms with Crippen LogP contribution >= 0.6 is 0 Å². The zero-order valence-corrected chi connectivity index (χ0v) is 12.0. The number of likely N-dealkylation sites (tertiary alicyclic amines) is 1. The van der Waals surface area contributed by atoms with Gasteiger partial charge in [-0.3, -0.25) is 15.0 Å². The number of carbonyl (C=O) groups is 1. The van der Waals surface area contributed by atoms with Crippen molar-refractivity contribution in [2.75, 3.05) is 19.6 Å². The quantitative estimate of drug-likeness (QED) is 0.731. The van der Waals surface area contributed by atoms with Crippen LogP contribution in [0.25, 0.3) is 0 Å². The molecule has 2 bridgehead atoms. The number of hydrogen-bond donors (Lipinski definition) is 2. The zero-order valence-electron chi connectivity index (χ0n) is 12.0. The van der Waals surface area contributed by atoms with Gasteiger partial charge in [-0.2, -0.15) is 0 Å². The molecule has 2 aliphatic carbocycles. The molecule has 3 unspecified atom stereocenters. The van der Waals surface area contributed by atoms with E-state index in [9.17, 15) is 4.79 Å². The van der Waals surface area contributed by atoms with Crippen molar-refractivity contribution in [2.45, 2.75) is 62.3 Å². The van der Waals surface area contributed by atoms with E-state index in [1.54, 1.807) is 0 Å². The molecule has 0 aromatic carbocycles. The van der Waals surface area contributed by atoms with Crippen molar-refractivity contribution in [3.63, 3.8) is 0 Å². The number of morpholine rings is 1. The molecule has 112 valence electrons. The summed E-state index contributed by atoms with van der Waals surface area (Å²) in [6, 6.07) is 0.515. The van der Waals surface area contributed by atoms with E-state index < -0.39 is 5.54 Å². The number of primary amides is 1. The molecule has 20 heavy (non-hydrogen) atoms. The maximum Gasteiger partial charge on any atom is 0.239 e. The first-order valence-corrected chi connectivity index (χ1v) is 8.11. The van der Waals surface area contributed by atoms with Crippen molar-refractivity contribution in [1.82, 2.24) is 10.2 Å². The molecule has 1 amide bonds. The van der Waals surface area contributed by atoms with Crippen molar-refractivity contribution < 1.29 is 9.53 Å². The Bertz CT molecular complexity index is 396. The Hall–Kier alpha value is -0.650.